The van der Waals surface area contributed by atoms with Crippen molar-refractivity contribution in [3.05, 3.63) is 74.8 Å². The fourth-order valence-corrected chi connectivity index (χ4v) is 1.80. The van der Waals surface area contributed by atoms with Gasteiger partial charge in [0, 0.05) is 17.2 Å². The second kappa shape index (κ2) is 4.98. The zero-order valence-electron chi connectivity index (χ0n) is 9.17. The molecule has 4 nitrogen and oxygen atoms in total. The highest BCUT2D eigenvalue weighted by Crippen LogP contribution is 2.25. The monoisotopic (exact) mass is 261 g/mol. The lowest BCUT2D eigenvalue weighted by atomic mass is 10.0. The summed E-state index contributed by atoms with van der Waals surface area (Å²) in [6, 6.07) is 12.6. The Kier molecular flexibility index (Phi) is 3.39. The van der Waals surface area contributed by atoms with Crippen LogP contribution in [0, 0.1) is 10.1 Å². The Morgan fingerprint density at radius 1 is 1.06 bits per heavy atom. The van der Waals surface area contributed by atoms with Gasteiger partial charge in [-0.15, -0.1) is 0 Å². The van der Waals surface area contributed by atoms with Crippen LogP contribution < -0.4 is 0 Å². The van der Waals surface area contributed by atoms with Gasteiger partial charge in [0.2, 0.25) is 0 Å². The summed E-state index contributed by atoms with van der Waals surface area (Å²) < 4.78 is 0. The maximum Gasteiger partial charge on any atom is 0.287 e. The molecule has 0 aliphatic rings. The van der Waals surface area contributed by atoms with E-state index in [1.807, 2.05) is 0 Å². The van der Waals surface area contributed by atoms with Gasteiger partial charge >= 0.3 is 0 Å². The van der Waals surface area contributed by atoms with Gasteiger partial charge in [-0.05, 0) is 12.1 Å². The van der Waals surface area contributed by atoms with Gasteiger partial charge in [0.05, 0.1) is 4.92 Å². The summed E-state index contributed by atoms with van der Waals surface area (Å²) in [6.07, 6.45) is 0. The second-order valence-corrected chi connectivity index (χ2v) is 4.03. The maximum absolute atomic E-state index is 12.1. The molecule has 0 spiro atoms. The Balaban J connectivity index is 2.39. The molecule has 90 valence electrons. The van der Waals surface area contributed by atoms with E-state index in [1.165, 1.54) is 18.2 Å². The molecule has 2 aromatic rings. The van der Waals surface area contributed by atoms with E-state index in [0.717, 1.165) is 0 Å². The third kappa shape index (κ3) is 2.38. The minimum Gasteiger partial charge on any atom is -0.289 e. The number of carbonyl (C=O) groups excluding carboxylic acids is 1. The number of hydrogen-bond donors (Lipinski definition) is 0. The van der Waals surface area contributed by atoms with Gasteiger partial charge in [-0.1, -0.05) is 41.9 Å². The van der Waals surface area contributed by atoms with Gasteiger partial charge in [0.25, 0.3) is 5.69 Å². The maximum atomic E-state index is 12.1. The molecule has 0 atom stereocenters. The first-order valence-corrected chi connectivity index (χ1v) is 5.51. The molecule has 2 aromatic carbocycles. The van der Waals surface area contributed by atoms with Crippen LogP contribution in [-0.4, -0.2) is 10.7 Å². The first kappa shape index (κ1) is 12.3. The first-order valence-electron chi connectivity index (χ1n) is 5.13. The van der Waals surface area contributed by atoms with Crippen LogP contribution in [0.1, 0.15) is 15.9 Å². The molecule has 0 fully saturated rings. The summed E-state index contributed by atoms with van der Waals surface area (Å²) in [5.41, 5.74) is 0.639. The Labute approximate surface area is 108 Å². The standard InChI is InChI=1S/C13H8ClNO3/c14-11-8-10(6-7-12(11)15(17)18)13(16)9-4-2-1-3-5-9/h1-8H. The highest BCUT2D eigenvalue weighted by molar-refractivity contribution is 6.33. The number of ketones is 1. The molecule has 0 bridgehead atoms. The lowest BCUT2D eigenvalue weighted by Crippen LogP contribution is -2.01. The van der Waals surface area contributed by atoms with Crippen molar-refractivity contribution in [2.75, 3.05) is 0 Å². The van der Waals surface area contributed by atoms with Gasteiger partial charge in [0.1, 0.15) is 5.02 Å². The van der Waals surface area contributed by atoms with Crippen LogP contribution in [0.5, 0.6) is 0 Å². The zero-order valence-corrected chi connectivity index (χ0v) is 9.92. The van der Waals surface area contributed by atoms with E-state index in [1.54, 1.807) is 30.3 Å². The third-order valence-electron chi connectivity index (χ3n) is 2.44. The SMILES string of the molecule is O=C(c1ccccc1)c1ccc([N+](=O)[O-])c(Cl)c1. The number of rotatable bonds is 3. The van der Waals surface area contributed by atoms with Crippen molar-refractivity contribution in [1.82, 2.24) is 0 Å². The Morgan fingerprint density at radius 3 is 2.28 bits per heavy atom. The summed E-state index contributed by atoms with van der Waals surface area (Å²) in [7, 11) is 0. The zero-order chi connectivity index (χ0) is 13.1. The van der Waals surface area contributed by atoms with Gasteiger partial charge in [-0.3, -0.25) is 14.9 Å². The number of nitrogens with zero attached hydrogens (tertiary/aromatic N) is 1. The molecular weight excluding hydrogens is 254 g/mol. The molecule has 0 amide bonds. The normalized spacial score (nSPS) is 10.1. The van der Waals surface area contributed by atoms with Crippen LogP contribution in [0.15, 0.2) is 48.5 Å². The molecule has 0 saturated carbocycles. The quantitative estimate of drug-likeness (QED) is 0.483. The smallest absolute Gasteiger partial charge is 0.287 e. The largest absolute Gasteiger partial charge is 0.289 e. The van der Waals surface area contributed by atoms with E-state index in [4.69, 9.17) is 11.6 Å². The summed E-state index contributed by atoms with van der Waals surface area (Å²) in [5, 5.41) is 10.6. The van der Waals surface area contributed by atoms with E-state index in [2.05, 4.69) is 0 Å². The van der Waals surface area contributed by atoms with Crippen molar-refractivity contribution in [3.8, 4) is 0 Å². The van der Waals surface area contributed by atoms with Gasteiger partial charge in [-0.25, -0.2) is 0 Å². The van der Waals surface area contributed by atoms with Crippen LogP contribution >= 0.6 is 11.6 Å². The molecule has 0 aromatic heterocycles. The number of carbonyl (C=O) groups is 1. The summed E-state index contributed by atoms with van der Waals surface area (Å²) in [5.74, 6) is -0.215. The topological polar surface area (TPSA) is 60.2 Å². The van der Waals surface area contributed by atoms with E-state index in [9.17, 15) is 14.9 Å². The summed E-state index contributed by atoms with van der Waals surface area (Å²) in [6.45, 7) is 0. The van der Waals surface area contributed by atoms with E-state index < -0.39 is 4.92 Å². The Hall–Kier alpha value is -2.20. The minimum atomic E-state index is -0.584. The molecule has 0 N–H and O–H groups in total. The van der Waals surface area contributed by atoms with Crippen LogP contribution in [0.4, 0.5) is 5.69 Å². The van der Waals surface area contributed by atoms with Crippen LogP contribution in [0.2, 0.25) is 5.02 Å². The predicted molar refractivity (Wildman–Crippen MR) is 68.0 cm³/mol. The number of benzene rings is 2. The molecule has 5 heteroatoms. The van der Waals surface area contributed by atoms with Crippen molar-refractivity contribution in [2.45, 2.75) is 0 Å². The van der Waals surface area contributed by atoms with E-state index in [0.29, 0.717) is 11.1 Å². The molecule has 0 saturated heterocycles. The van der Waals surface area contributed by atoms with Crippen molar-refractivity contribution >= 4 is 23.1 Å². The third-order valence-corrected chi connectivity index (χ3v) is 2.75. The lowest BCUT2D eigenvalue weighted by Gasteiger charge is -2.02. The number of hydrogen-bond acceptors (Lipinski definition) is 3. The predicted octanol–water partition coefficient (Wildman–Crippen LogP) is 3.48. The average molecular weight is 262 g/mol. The molecule has 18 heavy (non-hydrogen) atoms. The Morgan fingerprint density at radius 2 is 1.72 bits per heavy atom. The fourth-order valence-electron chi connectivity index (χ4n) is 1.55. The number of nitro groups is 1. The molecule has 0 heterocycles. The highest BCUT2D eigenvalue weighted by Gasteiger charge is 2.15. The molecule has 2 rings (SSSR count). The van der Waals surface area contributed by atoms with E-state index in [-0.39, 0.29) is 16.5 Å². The van der Waals surface area contributed by atoms with Crippen molar-refractivity contribution in [3.63, 3.8) is 0 Å². The van der Waals surface area contributed by atoms with Crippen molar-refractivity contribution in [2.24, 2.45) is 0 Å². The molecule has 0 aliphatic heterocycles. The highest BCUT2D eigenvalue weighted by atomic mass is 35.5. The molecular formula is C13H8ClNO3. The fraction of sp³-hybridized carbons (Fsp3) is 0. The average Bonchev–Trinajstić information content (AvgIpc) is 2.38. The molecule has 0 aliphatic carbocycles. The second-order valence-electron chi connectivity index (χ2n) is 3.62. The lowest BCUT2D eigenvalue weighted by molar-refractivity contribution is -0.384. The van der Waals surface area contributed by atoms with Gasteiger partial charge in [0.15, 0.2) is 5.78 Å². The van der Waals surface area contributed by atoms with Gasteiger partial charge < -0.3 is 0 Å². The summed E-state index contributed by atoms with van der Waals surface area (Å²) >= 11 is 5.76. The van der Waals surface area contributed by atoms with Crippen molar-refractivity contribution < 1.29 is 9.72 Å². The number of nitro benzene ring substituents is 1. The van der Waals surface area contributed by atoms with Gasteiger partial charge in [-0.2, -0.15) is 0 Å². The van der Waals surface area contributed by atoms with Crippen LogP contribution in [0.25, 0.3) is 0 Å². The Bertz CT molecular complexity index is 611. The minimum absolute atomic E-state index is 0.0400. The van der Waals surface area contributed by atoms with Crippen LogP contribution in [-0.2, 0) is 0 Å². The molecule has 0 unspecified atom stereocenters. The molecule has 0 radical (unpaired) electrons. The van der Waals surface area contributed by atoms with E-state index >= 15 is 0 Å². The van der Waals surface area contributed by atoms with Crippen LogP contribution in [0.3, 0.4) is 0 Å². The first-order chi connectivity index (χ1) is 8.59. The number of halogens is 1. The summed E-state index contributed by atoms with van der Waals surface area (Å²) in [4.78, 5) is 22.1. The van der Waals surface area contributed by atoms with Crippen molar-refractivity contribution in [1.29, 1.82) is 0 Å².